The number of pyridine rings is 1. The molecule has 1 aromatic carbocycles. The molecule has 0 unspecified atom stereocenters. The normalized spacial score (nSPS) is 11.4. The number of nitrogens with zero attached hydrogens (tertiary/aromatic N) is 1. The summed E-state index contributed by atoms with van der Waals surface area (Å²) in [6.07, 6.45) is -4.77. The fraction of sp³-hybridized carbons (Fsp3) is 0.200. The molecule has 134 valence electrons. The molecule has 0 atom stereocenters. The largest absolute Gasteiger partial charge is 0.491 e. The van der Waals surface area contributed by atoms with Crippen LogP contribution in [0.3, 0.4) is 0 Å². The average Bonchev–Trinajstić information content (AvgIpc) is 2.49. The van der Waals surface area contributed by atoms with Gasteiger partial charge in [0, 0.05) is 5.02 Å². The number of nitrogens with two attached hydrogens (primary N) is 1. The predicted molar refractivity (Wildman–Crippen MR) is 88.9 cm³/mol. The molecule has 0 aliphatic carbocycles. The second-order valence-electron chi connectivity index (χ2n) is 4.87. The average molecular weight is 440 g/mol. The molecule has 0 aliphatic rings. The summed E-state index contributed by atoms with van der Waals surface area (Å²) in [5, 5.41) is 0.448. The summed E-state index contributed by atoms with van der Waals surface area (Å²) in [5.74, 6) is -0.758. The molecule has 2 N–H and O–H groups in total. The lowest BCUT2D eigenvalue weighted by Crippen LogP contribution is -2.35. The quantitative estimate of drug-likeness (QED) is 0.775. The first-order valence-electron chi connectivity index (χ1n) is 6.80. The van der Waals surface area contributed by atoms with Gasteiger partial charge >= 0.3 is 6.18 Å². The van der Waals surface area contributed by atoms with Crippen LogP contribution in [-0.4, -0.2) is 17.1 Å². The number of ether oxygens (including phenoxy) is 1. The number of rotatable bonds is 5. The Morgan fingerprint density at radius 3 is 2.52 bits per heavy atom. The van der Waals surface area contributed by atoms with Crippen molar-refractivity contribution < 1.29 is 22.7 Å². The van der Waals surface area contributed by atoms with Crippen LogP contribution < -0.4 is 16.0 Å². The molecule has 10 heteroatoms. The lowest BCUT2D eigenvalue weighted by atomic mass is 10.2. The van der Waals surface area contributed by atoms with E-state index in [0.717, 1.165) is 6.07 Å². The fourth-order valence-corrected chi connectivity index (χ4v) is 2.87. The van der Waals surface area contributed by atoms with Gasteiger partial charge in [0.25, 0.3) is 11.5 Å². The topological polar surface area (TPSA) is 74.3 Å². The maximum atomic E-state index is 13.1. The van der Waals surface area contributed by atoms with E-state index in [1.165, 1.54) is 6.07 Å². The molecule has 1 aromatic heterocycles. The lowest BCUT2D eigenvalue weighted by molar-refractivity contribution is -0.144. The Kier molecular flexibility index (Phi) is 5.79. The number of hydrogen-bond acceptors (Lipinski definition) is 3. The highest BCUT2D eigenvalue weighted by Gasteiger charge is 2.35. The third-order valence-corrected chi connectivity index (χ3v) is 4.05. The van der Waals surface area contributed by atoms with E-state index in [0.29, 0.717) is 25.9 Å². The summed E-state index contributed by atoms with van der Waals surface area (Å²) in [7, 11) is 0. The molecular formula is C15H11BrClF3N2O3. The van der Waals surface area contributed by atoms with Crippen molar-refractivity contribution in [2.24, 2.45) is 5.73 Å². The molecule has 5 nitrogen and oxygen atoms in total. The summed E-state index contributed by atoms with van der Waals surface area (Å²) in [6.45, 7) is -0.671. The summed E-state index contributed by atoms with van der Waals surface area (Å²) < 4.78 is 45.5. The van der Waals surface area contributed by atoms with Gasteiger partial charge in [0.15, 0.2) is 0 Å². The van der Waals surface area contributed by atoms with Crippen LogP contribution in [0.4, 0.5) is 13.2 Å². The predicted octanol–water partition coefficient (Wildman–Crippen LogP) is 3.46. The van der Waals surface area contributed by atoms with E-state index < -0.39 is 35.4 Å². The maximum absolute atomic E-state index is 13.1. The fourth-order valence-electron chi connectivity index (χ4n) is 2.07. The Morgan fingerprint density at radius 2 is 1.96 bits per heavy atom. The van der Waals surface area contributed by atoms with E-state index in [-0.39, 0.29) is 6.61 Å². The van der Waals surface area contributed by atoms with Crippen molar-refractivity contribution in [2.45, 2.75) is 12.7 Å². The molecular weight excluding hydrogens is 429 g/mol. The number of carbonyl (C=O) groups is 1. The van der Waals surface area contributed by atoms with E-state index >= 15 is 0 Å². The van der Waals surface area contributed by atoms with Gasteiger partial charge in [0.2, 0.25) is 0 Å². The van der Waals surface area contributed by atoms with Gasteiger partial charge in [0.1, 0.15) is 23.6 Å². The Bertz CT molecular complexity index is 868. The van der Waals surface area contributed by atoms with Gasteiger partial charge < -0.3 is 15.0 Å². The van der Waals surface area contributed by atoms with Crippen LogP contribution in [0, 0.1) is 0 Å². The first kappa shape index (κ1) is 19.3. The minimum absolute atomic E-state index is 0.245. The summed E-state index contributed by atoms with van der Waals surface area (Å²) in [5.41, 5.74) is 2.17. The van der Waals surface area contributed by atoms with Crippen LogP contribution in [-0.2, 0) is 12.7 Å². The highest BCUT2D eigenvalue weighted by atomic mass is 79.9. The summed E-state index contributed by atoms with van der Waals surface area (Å²) >= 11 is 8.99. The van der Waals surface area contributed by atoms with Gasteiger partial charge in [-0.25, -0.2) is 0 Å². The van der Waals surface area contributed by atoms with Gasteiger partial charge in [0.05, 0.1) is 11.0 Å². The van der Waals surface area contributed by atoms with Gasteiger partial charge in [-0.05, 0) is 46.3 Å². The third kappa shape index (κ3) is 4.55. The molecule has 0 saturated heterocycles. The van der Waals surface area contributed by atoms with Crippen molar-refractivity contribution in [3.05, 3.63) is 61.4 Å². The van der Waals surface area contributed by atoms with Crippen molar-refractivity contribution >= 4 is 33.4 Å². The summed E-state index contributed by atoms with van der Waals surface area (Å²) in [4.78, 5) is 23.3. The maximum Gasteiger partial charge on any atom is 0.431 e. The van der Waals surface area contributed by atoms with Crippen molar-refractivity contribution in [2.75, 3.05) is 6.61 Å². The van der Waals surface area contributed by atoms with Crippen LogP contribution in [0.5, 0.6) is 5.75 Å². The van der Waals surface area contributed by atoms with Gasteiger partial charge in [-0.3, -0.25) is 9.59 Å². The van der Waals surface area contributed by atoms with Crippen molar-refractivity contribution in [3.8, 4) is 5.75 Å². The van der Waals surface area contributed by atoms with Crippen molar-refractivity contribution in [1.82, 2.24) is 4.57 Å². The van der Waals surface area contributed by atoms with Gasteiger partial charge in [-0.1, -0.05) is 11.6 Å². The molecule has 2 aromatic rings. The Hall–Kier alpha value is -2.00. The Labute approximate surface area is 153 Å². The van der Waals surface area contributed by atoms with E-state index in [9.17, 15) is 22.8 Å². The monoisotopic (exact) mass is 438 g/mol. The molecule has 0 fully saturated rings. The summed E-state index contributed by atoms with van der Waals surface area (Å²) in [6, 6.07) is 6.03. The van der Waals surface area contributed by atoms with Crippen LogP contribution >= 0.6 is 27.5 Å². The van der Waals surface area contributed by atoms with Crippen LogP contribution in [0.25, 0.3) is 0 Å². The van der Waals surface area contributed by atoms with E-state index in [2.05, 4.69) is 15.9 Å². The number of primary amides is 1. The minimum Gasteiger partial charge on any atom is -0.491 e. The molecule has 0 saturated carbocycles. The number of amides is 1. The number of halogens is 5. The van der Waals surface area contributed by atoms with Crippen LogP contribution in [0.15, 0.2) is 39.6 Å². The molecule has 2 rings (SSSR count). The van der Waals surface area contributed by atoms with Gasteiger partial charge in [-0.2, -0.15) is 13.2 Å². The number of benzene rings is 1. The second kappa shape index (κ2) is 7.49. The smallest absolute Gasteiger partial charge is 0.431 e. The molecule has 1 heterocycles. The van der Waals surface area contributed by atoms with Crippen LogP contribution in [0.2, 0.25) is 5.02 Å². The first-order valence-corrected chi connectivity index (χ1v) is 7.97. The zero-order chi connectivity index (χ0) is 18.8. The molecule has 0 aliphatic heterocycles. The van der Waals surface area contributed by atoms with Crippen molar-refractivity contribution in [3.63, 3.8) is 0 Å². The van der Waals surface area contributed by atoms with E-state index in [4.69, 9.17) is 22.1 Å². The standard InChI is InChI=1S/C15H11BrClF3N2O3/c16-10-7-8(17)1-3-11(10)25-6-5-22-12(15(18,19)20)4-2-9(13(21)23)14(22)24/h1-4,7H,5-6H2,(H2,21,23). The molecule has 25 heavy (non-hydrogen) atoms. The molecule has 0 bridgehead atoms. The zero-order valence-electron chi connectivity index (χ0n) is 12.4. The van der Waals surface area contributed by atoms with E-state index in [1.54, 1.807) is 12.1 Å². The zero-order valence-corrected chi connectivity index (χ0v) is 14.8. The lowest BCUT2D eigenvalue weighted by Gasteiger charge is -2.16. The second-order valence-corrected chi connectivity index (χ2v) is 6.17. The van der Waals surface area contributed by atoms with Crippen molar-refractivity contribution in [1.29, 1.82) is 0 Å². The number of hydrogen-bond donors (Lipinski definition) is 1. The number of aromatic nitrogens is 1. The SMILES string of the molecule is NC(=O)c1ccc(C(F)(F)F)n(CCOc2ccc(Cl)cc2Br)c1=O. The van der Waals surface area contributed by atoms with E-state index in [1.807, 2.05) is 0 Å². The minimum atomic E-state index is -4.77. The van der Waals surface area contributed by atoms with Crippen LogP contribution in [0.1, 0.15) is 16.1 Å². The number of carbonyl (C=O) groups excluding carboxylic acids is 1. The molecule has 0 radical (unpaired) electrons. The first-order chi connectivity index (χ1) is 11.6. The highest BCUT2D eigenvalue weighted by molar-refractivity contribution is 9.10. The Morgan fingerprint density at radius 1 is 1.28 bits per heavy atom. The molecule has 0 spiro atoms. The van der Waals surface area contributed by atoms with Gasteiger partial charge in [-0.15, -0.1) is 0 Å². The number of alkyl halides is 3. The highest BCUT2D eigenvalue weighted by Crippen LogP contribution is 2.29. The Balaban J connectivity index is 2.29. The molecule has 1 amide bonds. The third-order valence-electron chi connectivity index (χ3n) is 3.20.